The smallest absolute Gasteiger partial charge is 0.123 e. The zero-order valence-electron chi connectivity index (χ0n) is 6.63. The van der Waals surface area contributed by atoms with Crippen LogP contribution in [0.15, 0.2) is 12.2 Å². The molecule has 2 nitrogen and oxygen atoms in total. The van der Waals surface area contributed by atoms with Gasteiger partial charge in [0, 0.05) is 12.5 Å². The molecule has 10 heavy (non-hydrogen) atoms. The first-order valence-electron chi connectivity index (χ1n) is 3.57. The second-order valence-electron chi connectivity index (χ2n) is 2.30. The van der Waals surface area contributed by atoms with E-state index in [2.05, 4.69) is 12.2 Å². The van der Waals surface area contributed by atoms with Crippen LogP contribution >= 0.6 is 0 Å². The maximum absolute atomic E-state index is 9.85. The Hall–Kier alpha value is -0.630. The van der Waals surface area contributed by atoms with Gasteiger partial charge in [0.15, 0.2) is 0 Å². The highest BCUT2D eigenvalue weighted by atomic mass is 16.1. The molecular weight excluding hydrogens is 126 g/mol. The zero-order valence-corrected chi connectivity index (χ0v) is 6.63. The minimum absolute atomic E-state index is 0.503. The van der Waals surface area contributed by atoms with Gasteiger partial charge in [-0.15, -0.1) is 0 Å². The topological polar surface area (TPSA) is 29.1 Å². The van der Waals surface area contributed by atoms with Gasteiger partial charge in [-0.05, 0) is 20.4 Å². The van der Waals surface area contributed by atoms with Crippen molar-refractivity contribution in [3.63, 3.8) is 0 Å². The fraction of sp³-hybridized carbons (Fsp3) is 0.625. The standard InChI is InChI=1S/C8H15NO/c1-8(9-2)6-4-3-5-7-10/h3-4,7-9H,5-6H2,1-2H3/b4-3+. The summed E-state index contributed by atoms with van der Waals surface area (Å²) in [6.45, 7) is 2.10. The van der Waals surface area contributed by atoms with Crippen molar-refractivity contribution in [1.29, 1.82) is 0 Å². The Morgan fingerprint density at radius 2 is 2.20 bits per heavy atom. The van der Waals surface area contributed by atoms with Crippen molar-refractivity contribution < 1.29 is 4.79 Å². The summed E-state index contributed by atoms with van der Waals surface area (Å²) in [5, 5.41) is 3.10. The number of rotatable bonds is 5. The molecule has 0 saturated heterocycles. The van der Waals surface area contributed by atoms with E-state index < -0.39 is 0 Å². The normalized spacial score (nSPS) is 13.8. The Balaban J connectivity index is 3.24. The summed E-state index contributed by atoms with van der Waals surface area (Å²) >= 11 is 0. The Labute approximate surface area is 62.3 Å². The molecule has 0 aliphatic rings. The van der Waals surface area contributed by atoms with Crippen molar-refractivity contribution in [3.8, 4) is 0 Å². The first-order chi connectivity index (χ1) is 4.81. The van der Waals surface area contributed by atoms with Crippen LogP contribution in [0.25, 0.3) is 0 Å². The molecule has 0 rings (SSSR count). The lowest BCUT2D eigenvalue weighted by molar-refractivity contribution is -0.107. The van der Waals surface area contributed by atoms with E-state index in [1.54, 1.807) is 0 Å². The maximum Gasteiger partial charge on any atom is 0.123 e. The summed E-state index contributed by atoms with van der Waals surface area (Å²) in [6, 6.07) is 0.503. The largest absolute Gasteiger partial charge is 0.317 e. The molecular formula is C8H15NO. The Morgan fingerprint density at radius 1 is 1.50 bits per heavy atom. The molecule has 2 heteroatoms. The van der Waals surface area contributed by atoms with E-state index in [0.29, 0.717) is 12.5 Å². The predicted octanol–water partition coefficient (Wildman–Crippen LogP) is 1.13. The van der Waals surface area contributed by atoms with E-state index in [9.17, 15) is 4.79 Å². The van der Waals surface area contributed by atoms with Crippen molar-refractivity contribution in [2.45, 2.75) is 25.8 Å². The second-order valence-corrected chi connectivity index (χ2v) is 2.30. The van der Waals surface area contributed by atoms with Gasteiger partial charge in [0.2, 0.25) is 0 Å². The van der Waals surface area contributed by atoms with Crippen molar-refractivity contribution in [1.82, 2.24) is 5.32 Å². The quantitative estimate of drug-likeness (QED) is 0.459. The molecule has 1 N–H and O–H groups in total. The first-order valence-corrected chi connectivity index (χ1v) is 3.57. The molecule has 1 atom stereocenters. The average Bonchev–Trinajstić information content (AvgIpc) is 1.98. The van der Waals surface area contributed by atoms with Gasteiger partial charge in [0.25, 0.3) is 0 Å². The van der Waals surface area contributed by atoms with Gasteiger partial charge in [-0.25, -0.2) is 0 Å². The Kier molecular flexibility index (Phi) is 6.08. The van der Waals surface area contributed by atoms with Gasteiger partial charge < -0.3 is 10.1 Å². The number of hydrogen-bond donors (Lipinski definition) is 1. The SMILES string of the molecule is CNC(C)C/C=C/CC=O. The summed E-state index contributed by atoms with van der Waals surface area (Å²) in [7, 11) is 1.93. The van der Waals surface area contributed by atoms with E-state index in [-0.39, 0.29) is 0 Å². The third-order valence-corrected chi connectivity index (χ3v) is 1.38. The number of allylic oxidation sites excluding steroid dienone is 1. The highest BCUT2D eigenvalue weighted by molar-refractivity contribution is 5.51. The Bertz CT molecular complexity index is 110. The van der Waals surface area contributed by atoms with Gasteiger partial charge >= 0.3 is 0 Å². The minimum atomic E-state index is 0.503. The van der Waals surface area contributed by atoms with Gasteiger partial charge in [0.1, 0.15) is 6.29 Å². The number of nitrogens with one attached hydrogen (secondary N) is 1. The summed E-state index contributed by atoms with van der Waals surface area (Å²) in [5.41, 5.74) is 0. The summed E-state index contributed by atoms with van der Waals surface area (Å²) in [5.74, 6) is 0. The third kappa shape index (κ3) is 5.51. The predicted molar refractivity (Wildman–Crippen MR) is 43.0 cm³/mol. The monoisotopic (exact) mass is 141 g/mol. The van der Waals surface area contributed by atoms with Crippen LogP contribution in [0.4, 0.5) is 0 Å². The molecule has 0 aromatic heterocycles. The molecule has 0 radical (unpaired) electrons. The second kappa shape index (κ2) is 6.49. The molecule has 0 saturated carbocycles. The van der Waals surface area contributed by atoms with Crippen LogP contribution in [0.1, 0.15) is 19.8 Å². The summed E-state index contributed by atoms with van der Waals surface area (Å²) in [6.07, 6.45) is 6.34. The van der Waals surface area contributed by atoms with Crippen LogP contribution in [0.3, 0.4) is 0 Å². The van der Waals surface area contributed by atoms with Crippen LogP contribution in [0.2, 0.25) is 0 Å². The number of hydrogen-bond acceptors (Lipinski definition) is 2. The molecule has 0 aliphatic carbocycles. The van der Waals surface area contributed by atoms with Gasteiger partial charge in [-0.1, -0.05) is 12.2 Å². The van der Waals surface area contributed by atoms with Crippen molar-refractivity contribution in [2.24, 2.45) is 0 Å². The van der Waals surface area contributed by atoms with Gasteiger partial charge in [-0.2, -0.15) is 0 Å². The number of aldehydes is 1. The molecule has 0 aliphatic heterocycles. The highest BCUT2D eigenvalue weighted by Gasteiger charge is 1.90. The molecule has 0 spiro atoms. The molecule has 58 valence electrons. The molecule has 0 aromatic rings. The average molecular weight is 141 g/mol. The van der Waals surface area contributed by atoms with Crippen LogP contribution in [-0.4, -0.2) is 19.4 Å². The lowest BCUT2D eigenvalue weighted by Crippen LogP contribution is -2.19. The third-order valence-electron chi connectivity index (χ3n) is 1.38. The van der Waals surface area contributed by atoms with E-state index in [1.165, 1.54) is 0 Å². The van der Waals surface area contributed by atoms with Crippen molar-refractivity contribution >= 4 is 6.29 Å². The van der Waals surface area contributed by atoms with Crippen LogP contribution in [0.5, 0.6) is 0 Å². The van der Waals surface area contributed by atoms with E-state index in [0.717, 1.165) is 12.7 Å². The van der Waals surface area contributed by atoms with Gasteiger partial charge in [-0.3, -0.25) is 0 Å². The molecule has 0 bridgehead atoms. The highest BCUT2D eigenvalue weighted by Crippen LogP contribution is 1.91. The van der Waals surface area contributed by atoms with Crippen LogP contribution in [-0.2, 0) is 4.79 Å². The van der Waals surface area contributed by atoms with E-state index >= 15 is 0 Å². The lowest BCUT2D eigenvalue weighted by Gasteiger charge is -2.04. The summed E-state index contributed by atoms with van der Waals surface area (Å²) < 4.78 is 0. The molecule has 1 unspecified atom stereocenters. The van der Waals surface area contributed by atoms with Crippen molar-refractivity contribution in [3.05, 3.63) is 12.2 Å². The van der Waals surface area contributed by atoms with E-state index in [1.807, 2.05) is 19.2 Å². The maximum atomic E-state index is 9.85. The molecule has 0 fully saturated rings. The van der Waals surface area contributed by atoms with E-state index in [4.69, 9.17) is 0 Å². The van der Waals surface area contributed by atoms with Crippen LogP contribution in [0, 0.1) is 0 Å². The number of carbonyl (C=O) groups excluding carboxylic acids is 1. The lowest BCUT2D eigenvalue weighted by atomic mass is 10.2. The van der Waals surface area contributed by atoms with Crippen LogP contribution < -0.4 is 5.32 Å². The summed E-state index contributed by atoms with van der Waals surface area (Å²) in [4.78, 5) is 9.85. The minimum Gasteiger partial charge on any atom is -0.317 e. The number of carbonyl (C=O) groups is 1. The molecule has 0 amide bonds. The molecule has 0 aromatic carbocycles. The Morgan fingerprint density at radius 3 is 2.70 bits per heavy atom. The van der Waals surface area contributed by atoms with Gasteiger partial charge in [0.05, 0.1) is 0 Å². The first kappa shape index (κ1) is 9.37. The van der Waals surface area contributed by atoms with Crippen molar-refractivity contribution in [2.75, 3.05) is 7.05 Å². The molecule has 0 heterocycles. The zero-order chi connectivity index (χ0) is 7.82. The fourth-order valence-electron chi connectivity index (χ4n) is 0.570. The fourth-order valence-corrected chi connectivity index (χ4v) is 0.570.